The van der Waals surface area contributed by atoms with Crippen LogP contribution in [0.3, 0.4) is 0 Å². The molecule has 0 spiro atoms. The second kappa shape index (κ2) is 52.1. The van der Waals surface area contributed by atoms with Crippen molar-refractivity contribution in [2.24, 2.45) is 0 Å². The molecule has 33 heavy (non-hydrogen) atoms. The Hall–Kier alpha value is -2.06. The van der Waals surface area contributed by atoms with Gasteiger partial charge in [-0.05, 0) is 0 Å². The Kier molecular flexibility index (Phi) is 90.9. The average molecular weight is 649 g/mol. The predicted octanol–water partition coefficient (Wildman–Crippen LogP) is -15.8. The van der Waals surface area contributed by atoms with Crippen molar-refractivity contribution in [3.8, 4) is 0 Å². The van der Waals surface area contributed by atoms with E-state index in [1.54, 1.807) is 0 Å². The van der Waals surface area contributed by atoms with Gasteiger partial charge in [0.15, 0.2) is 0 Å². The Bertz CT molecular complexity index is 367. The first kappa shape index (κ1) is 57.6. The van der Waals surface area contributed by atoms with Crippen molar-refractivity contribution in [1.29, 1.82) is 0 Å². The molecule has 0 atom stereocenters. The van der Waals surface area contributed by atoms with E-state index in [4.69, 9.17) is 112 Å². The SMILES string of the molecule is O=[Si](O)O.O=[Si](O)O.O=[Si](O)O.O=[Si](O)O.O=[Si](O)O.O=[Si](O)O.O=[Si](O)O.O=[Si](O)O.[H-].[Na+]. The summed E-state index contributed by atoms with van der Waals surface area (Å²) in [5.41, 5.74) is 0. The predicted molar refractivity (Wildman–Crippen MR) is 88.1 cm³/mol. The molecule has 0 aromatic carbocycles. The molecule has 0 rings (SSSR count). The summed E-state index contributed by atoms with van der Waals surface area (Å²) in [5.74, 6) is 0. The minimum atomic E-state index is -3.13. The Morgan fingerprint density at radius 2 is 0.242 bits per heavy atom. The molecule has 16 N–H and O–H groups in total. The van der Waals surface area contributed by atoms with Gasteiger partial charge >= 0.3 is 103 Å². The molecule has 0 saturated carbocycles. The molecular formula is H17NaO24Si8. The van der Waals surface area contributed by atoms with Crippen molar-refractivity contribution in [2.45, 2.75) is 0 Å². The van der Waals surface area contributed by atoms with Crippen LogP contribution in [-0.4, -0.2) is 150 Å². The van der Waals surface area contributed by atoms with E-state index >= 15 is 0 Å². The molecule has 0 amide bonds. The van der Waals surface area contributed by atoms with Crippen molar-refractivity contribution in [2.75, 3.05) is 0 Å². The van der Waals surface area contributed by atoms with Gasteiger partial charge in [-0.1, -0.05) is 0 Å². The summed E-state index contributed by atoms with van der Waals surface area (Å²) in [6.45, 7) is 0. The maximum Gasteiger partial charge on any atom is 1.00 e. The minimum absolute atomic E-state index is 0. The van der Waals surface area contributed by atoms with E-state index in [0.29, 0.717) is 0 Å². The third-order valence-electron chi connectivity index (χ3n) is 0. The van der Waals surface area contributed by atoms with Crippen molar-refractivity contribution in [3.63, 3.8) is 0 Å². The fourth-order valence-corrected chi connectivity index (χ4v) is 0. The van der Waals surface area contributed by atoms with Crippen LogP contribution in [0.15, 0.2) is 0 Å². The Balaban J connectivity index is -0.0000000240. The molecule has 0 radical (unpaired) electrons. The van der Waals surface area contributed by atoms with Gasteiger partial charge in [-0.15, -0.1) is 0 Å². The second-order valence-corrected chi connectivity index (χ2v) is 6.78. The van der Waals surface area contributed by atoms with Crippen LogP contribution in [0.2, 0.25) is 0 Å². The number of hydrogen-bond donors (Lipinski definition) is 16. The summed E-state index contributed by atoms with van der Waals surface area (Å²) in [6.07, 6.45) is 0. The van der Waals surface area contributed by atoms with Gasteiger partial charge in [0.2, 0.25) is 0 Å². The molecule has 0 aliphatic carbocycles. The Morgan fingerprint density at radius 1 is 0.242 bits per heavy atom. The summed E-state index contributed by atoms with van der Waals surface area (Å²) in [7, 11) is -25.0. The quantitative estimate of drug-likeness (QED) is 0.108. The molecule has 0 heterocycles. The summed E-state index contributed by atoms with van der Waals surface area (Å²) in [5, 5.41) is 0. The smallest absolute Gasteiger partial charge is 1.00 e. The van der Waals surface area contributed by atoms with Crippen LogP contribution in [0.25, 0.3) is 0 Å². The van der Waals surface area contributed by atoms with Crippen LogP contribution in [0.1, 0.15) is 1.43 Å². The zero-order valence-corrected chi connectivity index (χ0v) is 25.4. The van der Waals surface area contributed by atoms with Gasteiger partial charge in [-0.25, -0.2) is 0 Å². The van der Waals surface area contributed by atoms with Crippen LogP contribution in [0, 0.1) is 0 Å². The minimum Gasteiger partial charge on any atom is -1.00 e. The van der Waals surface area contributed by atoms with Crippen LogP contribution in [0.5, 0.6) is 0 Å². The average Bonchev–Trinajstić information content (AvgIpc) is 2.30. The topological polar surface area (TPSA) is 460 Å². The summed E-state index contributed by atoms with van der Waals surface area (Å²) < 4.78 is 69.9. The van der Waals surface area contributed by atoms with Gasteiger partial charge in [0.1, 0.15) is 0 Å². The molecule has 24 nitrogen and oxygen atoms in total. The van der Waals surface area contributed by atoms with Crippen LogP contribution < -0.4 is 29.6 Å². The first-order chi connectivity index (χ1) is 13.9. The molecule has 0 unspecified atom stereocenters. The van der Waals surface area contributed by atoms with Crippen LogP contribution in [-0.2, 0) is 35.7 Å². The molecular weight excluding hydrogens is 632 g/mol. The van der Waals surface area contributed by atoms with Gasteiger partial charge < -0.3 is 78.2 Å². The summed E-state index contributed by atoms with van der Waals surface area (Å²) in [6, 6.07) is 0. The van der Waals surface area contributed by atoms with Crippen molar-refractivity contribution in [1.82, 2.24) is 0 Å². The van der Waals surface area contributed by atoms with E-state index in [0.717, 1.165) is 0 Å². The number of hydrogen-bond acceptors (Lipinski definition) is 8. The Labute approximate surface area is 216 Å². The first-order valence-electron chi connectivity index (χ1n) is 5.21. The molecule has 0 fully saturated rings. The monoisotopic (exact) mass is 648 g/mol. The largest absolute Gasteiger partial charge is 1.00 e. The summed E-state index contributed by atoms with van der Waals surface area (Å²) in [4.78, 5) is 115. The van der Waals surface area contributed by atoms with Gasteiger partial charge in [-0.2, -0.15) is 0 Å². The molecule has 0 aliphatic heterocycles. The standard InChI is InChI=1S/Na.8H2O3Si.H/c;8*1-4(2)3;/h;8*1-2H;/q+1;;;;;;;;;-1. The van der Waals surface area contributed by atoms with E-state index in [1.165, 1.54) is 0 Å². The van der Waals surface area contributed by atoms with E-state index < -0.39 is 73.4 Å². The van der Waals surface area contributed by atoms with Crippen LogP contribution in [0.4, 0.5) is 0 Å². The van der Waals surface area contributed by atoms with Crippen LogP contribution >= 0.6 is 0 Å². The third-order valence-corrected chi connectivity index (χ3v) is 0. The third kappa shape index (κ3) is 5480. The zero-order valence-electron chi connectivity index (χ0n) is 16.4. The zero-order chi connectivity index (χ0) is 28.6. The first-order valence-corrected chi connectivity index (χ1v) is 15.6. The fourth-order valence-electron chi connectivity index (χ4n) is 0. The van der Waals surface area contributed by atoms with E-state index in [1.807, 2.05) is 0 Å². The molecule has 0 aromatic heterocycles. The second-order valence-electron chi connectivity index (χ2n) is 2.26. The number of rotatable bonds is 0. The molecule has 0 saturated heterocycles. The molecule has 0 bridgehead atoms. The van der Waals surface area contributed by atoms with Gasteiger partial charge in [0.05, 0.1) is 0 Å². The maximum absolute atomic E-state index is 8.74. The maximum atomic E-state index is 8.74. The fraction of sp³-hybridized carbons (Fsp3) is 0. The Morgan fingerprint density at radius 3 is 0.242 bits per heavy atom. The molecule has 0 aliphatic rings. The van der Waals surface area contributed by atoms with Crippen molar-refractivity contribution < 1.29 is 143 Å². The molecule has 0 aromatic rings. The van der Waals surface area contributed by atoms with E-state index in [9.17, 15) is 0 Å². The van der Waals surface area contributed by atoms with Gasteiger partial charge in [-0.3, -0.25) is 35.7 Å². The normalized spacial score (nSPS) is 5.82. The van der Waals surface area contributed by atoms with E-state index in [2.05, 4.69) is 0 Å². The van der Waals surface area contributed by atoms with Gasteiger partial charge in [0.25, 0.3) is 0 Å². The molecule has 33 heteroatoms. The van der Waals surface area contributed by atoms with Crippen molar-refractivity contribution >= 4 is 73.4 Å². The van der Waals surface area contributed by atoms with Crippen molar-refractivity contribution in [3.05, 3.63) is 0 Å². The van der Waals surface area contributed by atoms with Gasteiger partial charge in [0, 0.05) is 0 Å². The molecule has 194 valence electrons. The summed E-state index contributed by atoms with van der Waals surface area (Å²) >= 11 is 0. The van der Waals surface area contributed by atoms with E-state index in [-0.39, 0.29) is 31.0 Å².